The average Bonchev–Trinajstić information content (AvgIpc) is 2.90. The van der Waals surface area contributed by atoms with Crippen LogP contribution in [0.3, 0.4) is 0 Å². The maximum atomic E-state index is 5.21. The van der Waals surface area contributed by atoms with Crippen molar-refractivity contribution in [2.75, 3.05) is 7.11 Å². The van der Waals surface area contributed by atoms with Crippen molar-refractivity contribution >= 4 is 10.9 Å². The van der Waals surface area contributed by atoms with E-state index in [1.165, 1.54) is 5.56 Å². The van der Waals surface area contributed by atoms with Crippen molar-refractivity contribution in [3.8, 4) is 17.0 Å². The number of aromatic nitrogens is 3. The molecule has 19 heavy (non-hydrogen) atoms. The fraction of sp³-hybridized carbons (Fsp3) is 0.200. The average molecular weight is 253 g/mol. The van der Waals surface area contributed by atoms with Gasteiger partial charge in [0.1, 0.15) is 11.4 Å². The molecule has 0 aliphatic rings. The number of hydrogen-bond donors (Lipinski definition) is 1. The van der Waals surface area contributed by atoms with Gasteiger partial charge in [0.2, 0.25) is 0 Å². The third-order valence-corrected chi connectivity index (χ3v) is 3.26. The summed E-state index contributed by atoms with van der Waals surface area (Å²) in [6, 6.07) is 8.31. The highest BCUT2D eigenvalue weighted by Crippen LogP contribution is 2.28. The van der Waals surface area contributed by atoms with Gasteiger partial charge in [0.15, 0.2) is 0 Å². The van der Waals surface area contributed by atoms with Gasteiger partial charge in [-0.25, -0.2) is 0 Å². The lowest BCUT2D eigenvalue weighted by atomic mass is 10.1. The summed E-state index contributed by atoms with van der Waals surface area (Å²) >= 11 is 0. The monoisotopic (exact) mass is 253 g/mol. The van der Waals surface area contributed by atoms with E-state index in [1.807, 2.05) is 6.07 Å². The Hall–Kier alpha value is -2.36. The van der Waals surface area contributed by atoms with Gasteiger partial charge in [-0.15, -0.1) is 0 Å². The molecule has 1 aromatic carbocycles. The molecule has 3 aromatic rings. The first-order valence-electron chi connectivity index (χ1n) is 6.28. The van der Waals surface area contributed by atoms with Crippen molar-refractivity contribution in [2.24, 2.45) is 0 Å². The molecule has 0 fully saturated rings. The number of ether oxygens (including phenoxy) is 1. The van der Waals surface area contributed by atoms with Crippen LogP contribution >= 0.6 is 0 Å². The van der Waals surface area contributed by atoms with Crippen LogP contribution in [0.5, 0.6) is 5.75 Å². The summed E-state index contributed by atoms with van der Waals surface area (Å²) in [5.74, 6) is 0.736. The second-order valence-electron chi connectivity index (χ2n) is 4.42. The number of nitrogens with one attached hydrogen (secondary N) is 1. The SMILES string of the molecule is CCc1ccc2[nH]nc(-c3cncc(OC)c3)c2c1. The summed E-state index contributed by atoms with van der Waals surface area (Å²) in [5, 5.41) is 8.57. The molecule has 0 saturated carbocycles. The lowest BCUT2D eigenvalue weighted by Crippen LogP contribution is -1.87. The van der Waals surface area contributed by atoms with E-state index in [0.29, 0.717) is 0 Å². The van der Waals surface area contributed by atoms with Gasteiger partial charge < -0.3 is 4.74 Å². The largest absolute Gasteiger partial charge is 0.495 e. The molecule has 2 aromatic heterocycles. The van der Waals surface area contributed by atoms with Crippen LogP contribution in [0, 0.1) is 0 Å². The molecule has 1 N–H and O–H groups in total. The minimum atomic E-state index is 0.736. The predicted octanol–water partition coefficient (Wildman–Crippen LogP) is 3.20. The Labute approximate surface area is 111 Å². The zero-order valence-corrected chi connectivity index (χ0v) is 11.0. The highest BCUT2D eigenvalue weighted by atomic mass is 16.5. The molecule has 2 heterocycles. The van der Waals surface area contributed by atoms with Crippen LogP contribution in [0.2, 0.25) is 0 Å². The Balaban J connectivity index is 2.18. The lowest BCUT2D eigenvalue weighted by Gasteiger charge is -2.02. The minimum absolute atomic E-state index is 0.736. The number of methoxy groups -OCH3 is 1. The lowest BCUT2D eigenvalue weighted by molar-refractivity contribution is 0.413. The first kappa shape index (κ1) is 11.7. The van der Waals surface area contributed by atoms with E-state index in [4.69, 9.17) is 4.74 Å². The van der Waals surface area contributed by atoms with Gasteiger partial charge in [0.25, 0.3) is 0 Å². The number of benzene rings is 1. The maximum Gasteiger partial charge on any atom is 0.137 e. The fourth-order valence-corrected chi connectivity index (χ4v) is 2.16. The quantitative estimate of drug-likeness (QED) is 0.779. The van der Waals surface area contributed by atoms with Crippen LogP contribution < -0.4 is 4.74 Å². The highest BCUT2D eigenvalue weighted by molar-refractivity contribution is 5.93. The summed E-state index contributed by atoms with van der Waals surface area (Å²) in [5.41, 5.74) is 4.21. The Kier molecular flexibility index (Phi) is 2.91. The van der Waals surface area contributed by atoms with Gasteiger partial charge in [0.05, 0.1) is 18.8 Å². The Bertz CT molecular complexity index is 718. The van der Waals surface area contributed by atoms with Crippen molar-refractivity contribution in [3.63, 3.8) is 0 Å². The molecule has 0 atom stereocenters. The second-order valence-corrected chi connectivity index (χ2v) is 4.42. The number of nitrogens with zero attached hydrogens (tertiary/aromatic N) is 2. The van der Waals surface area contributed by atoms with Crippen LogP contribution in [-0.4, -0.2) is 22.3 Å². The Morgan fingerprint density at radius 1 is 1.21 bits per heavy atom. The van der Waals surface area contributed by atoms with Gasteiger partial charge in [-0.05, 0) is 30.2 Å². The van der Waals surface area contributed by atoms with Gasteiger partial charge in [-0.1, -0.05) is 13.0 Å². The van der Waals surface area contributed by atoms with Crippen molar-refractivity contribution in [2.45, 2.75) is 13.3 Å². The molecule has 0 radical (unpaired) electrons. The molecular weight excluding hydrogens is 238 g/mol. The summed E-state index contributed by atoms with van der Waals surface area (Å²) in [7, 11) is 1.64. The predicted molar refractivity (Wildman–Crippen MR) is 75.3 cm³/mol. The molecular formula is C15H15N3O. The van der Waals surface area contributed by atoms with Crippen LogP contribution in [0.25, 0.3) is 22.2 Å². The molecule has 0 aliphatic heterocycles. The standard InChI is InChI=1S/C15H15N3O/c1-3-10-4-5-14-13(6-10)15(18-17-14)11-7-12(19-2)9-16-8-11/h4-9H,3H2,1-2H3,(H,17,18). The molecule has 0 unspecified atom stereocenters. The summed E-state index contributed by atoms with van der Waals surface area (Å²) in [4.78, 5) is 4.18. The highest BCUT2D eigenvalue weighted by Gasteiger charge is 2.09. The molecule has 4 nitrogen and oxygen atoms in total. The number of aryl methyl sites for hydroxylation is 1. The van der Waals surface area contributed by atoms with E-state index in [2.05, 4.69) is 40.3 Å². The third-order valence-electron chi connectivity index (χ3n) is 3.26. The minimum Gasteiger partial charge on any atom is -0.495 e. The normalized spacial score (nSPS) is 10.8. The number of fused-ring (bicyclic) bond motifs is 1. The summed E-state index contributed by atoms with van der Waals surface area (Å²) in [6.07, 6.45) is 4.50. The van der Waals surface area contributed by atoms with Crippen LogP contribution in [0.15, 0.2) is 36.7 Å². The number of hydrogen-bond acceptors (Lipinski definition) is 3. The van der Waals surface area contributed by atoms with Gasteiger partial charge >= 0.3 is 0 Å². The zero-order chi connectivity index (χ0) is 13.2. The smallest absolute Gasteiger partial charge is 0.137 e. The first-order chi connectivity index (χ1) is 9.31. The van der Waals surface area contributed by atoms with E-state index < -0.39 is 0 Å². The summed E-state index contributed by atoms with van der Waals surface area (Å²) < 4.78 is 5.21. The zero-order valence-electron chi connectivity index (χ0n) is 11.0. The molecule has 0 bridgehead atoms. The van der Waals surface area contributed by atoms with E-state index in [9.17, 15) is 0 Å². The molecule has 0 saturated heterocycles. The molecule has 96 valence electrons. The molecule has 3 rings (SSSR count). The van der Waals surface area contributed by atoms with E-state index in [1.54, 1.807) is 19.5 Å². The maximum absolute atomic E-state index is 5.21. The Morgan fingerprint density at radius 2 is 2.11 bits per heavy atom. The van der Waals surface area contributed by atoms with Crippen molar-refractivity contribution in [1.29, 1.82) is 0 Å². The van der Waals surface area contributed by atoms with Crippen molar-refractivity contribution < 1.29 is 4.74 Å². The number of H-pyrrole nitrogens is 1. The Morgan fingerprint density at radius 3 is 2.89 bits per heavy atom. The number of aromatic amines is 1. The molecule has 0 spiro atoms. The first-order valence-corrected chi connectivity index (χ1v) is 6.28. The van der Waals surface area contributed by atoms with Crippen LogP contribution in [-0.2, 0) is 6.42 Å². The van der Waals surface area contributed by atoms with E-state index in [-0.39, 0.29) is 0 Å². The molecule has 0 aliphatic carbocycles. The van der Waals surface area contributed by atoms with Gasteiger partial charge in [-0.3, -0.25) is 10.1 Å². The molecule has 4 heteroatoms. The molecule has 0 amide bonds. The third kappa shape index (κ3) is 2.05. The topological polar surface area (TPSA) is 50.8 Å². The van der Waals surface area contributed by atoms with Gasteiger partial charge in [0, 0.05) is 17.1 Å². The van der Waals surface area contributed by atoms with Crippen molar-refractivity contribution in [3.05, 3.63) is 42.2 Å². The van der Waals surface area contributed by atoms with Crippen LogP contribution in [0.4, 0.5) is 0 Å². The van der Waals surface area contributed by atoms with Crippen LogP contribution in [0.1, 0.15) is 12.5 Å². The fourth-order valence-electron chi connectivity index (χ4n) is 2.16. The van der Waals surface area contributed by atoms with E-state index in [0.717, 1.165) is 34.3 Å². The summed E-state index contributed by atoms with van der Waals surface area (Å²) in [6.45, 7) is 2.15. The second kappa shape index (κ2) is 4.72. The number of rotatable bonds is 3. The van der Waals surface area contributed by atoms with E-state index >= 15 is 0 Å². The number of pyridine rings is 1. The van der Waals surface area contributed by atoms with Gasteiger partial charge in [-0.2, -0.15) is 5.10 Å². The van der Waals surface area contributed by atoms with Crippen molar-refractivity contribution in [1.82, 2.24) is 15.2 Å².